The summed E-state index contributed by atoms with van der Waals surface area (Å²) in [4.78, 5) is 11.4. The molecule has 2 heteroatoms. The Kier molecular flexibility index (Phi) is 3.69. The maximum atomic E-state index is 11.4. The predicted octanol–water partition coefficient (Wildman–Crippen LogP) is 3.74. The first-order valence-corrected chi connectivity index (χ1v) is 7.44. The summed E-state index contributed by atoms with van der Waals surface area (Å²) in [5.41, 5.74) is 1.24. The third-order valence-corrected chi connectivity index (χ3v) is 5.01. The standard InChI is InChI=1S/C17H22O2/c18-13-17(8-4-5-9-17)15-10-16(11-15)19-12-14-6-2-1-3-7-14/h1-3,6-7,13,15-16H,4-5,8-12H2. The average molecular weight is 258 g/mol. The van der Waals surface area contributed by atoms with E-state index in [4.69, 9.17) is 4.74 Å². The SMILES string of the molecule is O=CC1(C2CC(OCc3ccccc3)C2)CCCC1. The lowest BCUT2D eigenvalue weighted by Crippen LogP contribution is -2.42. The van der Waals surface area contributed by atoms with E-state index in [2.05, 4.69) is 12.1 Å². The molecule has 0 N–H and O–H groups in total. The molecule has 0 amide bonds. The number of aldehydes is 1. The molecule has 102 valence electrons. The molecular formula is C17H22O2. The monoisotopic (exact) mass is 258 g/mol. The molecule has 1 aromatic rings. The molecule has 0 heterocycles. The van der Waals surface area contributed by atoms with E-state index in [1.807, 2.05) is 18.2 Å². The number of carbonyl (C=O) groups is 1. The predicted molar refractivity (Wildman–Crippen MR) is 74.7 cm³/mol. The minimum Gasteiger partial charge on any atom is -0.374 e. The van der Waals surface area contributed by atoms with E-state index in [0.717, 1.165) is 25.7 Å². The van der Waals surface area contributed by atoms with E-state index in [0.29, 0.717) is 18.6 Å². The first-order valence-electron chi connectivity index (χ1n) is 7.44. The van der Waals surface area contributed by atoms with Crippen LogP contribution in [0.3, 0.4) is 0 Å². The van der Waals surface area contributed by atoms with Crippen LogP contribution in [0.4, 0.5) is 0 Å². The molecule has 0 aromatic heterocycles. The fourth-order valence-corrected chi connectivity index (χ4v) is 3.62. The Hall–Kier alpha value is -1.15. The van der Waals surface area contributed by atoms with Crippen LogP contribution in [0.5, 0.6) is 0 Å². The van der Waals surface area contributed by atoms with E-state index in [9.17, 15) is 4.79 Å². The van der Waals surface area contributed by atoms with Crippen LogP contribution in [0.15, 0.2) is 30.3 Å². The summed E-state index contributed by atoms with van der Waals surface area (Å²) < 4.78 is 5.93. The zero-order chi connectivity index (χ0) is 13.1. The van der Waals surface area contributed by atoms with Crippen molar-refractivity contribution in [3.05, 3.63) is 35.9 Å². The van der Waals surface area contributed by atoms with Crippen molar-refractivity contribution in [3.8, 4) is 0 Å². The lowest BCUT2D eigenvalue weighted by atomic mass is 9.63. The van der Waals surface area contributed by atoms with Gasteiger partial charge < -0.3 is 9.53 Å². The number of ether oxygens (including phenoxy) is 1. The summed E-state index contributed by atoms with van der Waals surface area (Å²) in [6.07, 6.45) is 8.42. The molecule has 0 aliphatic heterocycles. The van der Waals surface area contributed by atoms with Gasteiger partial charge in [0.2, 0.25) is 0 Å². The zero-order valence-corrected chi connectivity index (χ0v) is 11.4. The van der Waals surface area contributed by atoms with Crippen LogP contribution in [-0.4, -0.2) is 12.4 Å². The highest BCUT2D eigenvalue weighted by Crippen LogP contribution is 2.51. The molecule has 0 bridgehead atoms. The van der Waals surface area contributed by atoms with Crippen molar-refractivity contribution in [3.63, 3.8) is 0 Å². The van der Waals surface area contributed by atoms with Gasteiger partial charge in [-0.05, 0) is 37.2 Å². The van der Waals surface area contributed by atoms with Gasteiger partial charge in [-0.15, -0.1) is 0 Å². The maximum absolute atomic E-state index is 11.4. The van der Waals surface area contributed by atoms with Gasteiger partial charge in [0.25, 0.3) is 0 Å². The van der Waals surface area contributed by atoms with Crippen molar-refractivity contribution in [2.75, 3.05) is 0 Å². The molecule has 19 heavy (non-hydrogen) atoms. The normalized spacial score (nSPS) is 28.8. The van der Waals surface area contributed by atoms with Gasteiger partial charge in [0.1, 0.15) is 6.29 Å². The Morgan fingerprint density at radius 1 is 1.16 bits per heavy atom. The Labute approximate surface area is 115 Å². The first kappa shape index (κ1) is 12.9. The molecule has 1 aromatic carbocycles. The second kappa shape index (κ2) is 5.46. The van der Waals surface area contributed by atoms with Gasteiger partial charge in [-0.3, -0.25) is 0 Å². The smallest absolute Gasteiger partial charge is 0.126 e. The summed E-state index contributed by atoms with van der Waals surface area (Å²) in [5.74, 6) is 0.577. The first-order chi connectivity index (χ1) is 9.32. The topological polar surface area (TPSA) is 26.3 Å². The number of carbonyl (C=O) groups excluding carboxylic acids is 1. The van der Waals surface area contributed by atoms with Crippen LogP contribution < -0.4 is 0 Å². The summed E-state index contributed by atoms with van der Waals surface area (Å²) in [5, 5.41) is 0. The van der Waals surface area contributed by atoms with Crippen LogP contribution >= 0.6 is 0 Å². The lowest BCUT2D eigenvalue weighted by Gasteiger charge is -2.44. The minimum absolute atomic E-state index is 0.00655. The largest absolute Gasteiger partial charge is 0.374 e. The van der Waals surface area contributed by atoms with E-state index in [1.54, 1.807) is 0 Å². The Morgan fingerprint density at radius 2 is 1.84 bits per heavy atom. The fourth-order valence-electron chi connectivity index (χ4n) is 3.62. The number of benzene rings is 1. The van der Waals surface area contributed by atoms with Crippen LogP contribution in [0.25, 0.3) is 0 Å². The molecule has 3 rings (SSSR count). The molecule has 0 atom stereocenters. The molecule has 2 saturated carbocycles. The Morgan fingerprint density at radius 3 is 2.47 bits per heavy atom. The Bertz CT molecular complexity index is 414. The molecule has 0 spiro atoms. The third-order valence-electron chi connectivity index (χ3n) is 5.01. The van der Waals surface area contributed by atoms with Crippen LogP contribution in [0, 0.1) is 11.3 Å². The van der Waals surface area contributed by atoms with Crippen LogP contribution in [-0.2, 0) is 16.1 Å². The van der Waals surface area contributed by atoms with Crippen LogP contribution in [0.2, 0.25) is 0 Å². The van der Waals surface area contributed by atoms with E-state index >= 15 is 0 Å². The molecule has 2 aliphatic carbocycles. The van der Waals surface area contributed by atoms with Gasteiger partial charge >= 0.3 is 0 Å². The van der Waals surface area contributed by atoms with Gasteiger partial charge in [0.15, 0.2) is 0 Å². The fraction of sp³-hybridized carbons (Fsp3) is 0.588. The zero-order valence-electron chi connectivity index (χ0n) is 11.4. The molecule has 0 unspecified atom stereocenters. The van der Waals surface area contributed by atoms with E-state index < -0.39 is 0 Å². The summed E-state index contributed by atoms with van der Waals surface area (Å²) in [6.45, 7) is 0.701. The van der Waals surface area contributed by atoms with Crippen molar-refractivity contribution < 1.29 is 9.53 Å². The van der Waals surface area contributed by atoms with Gasteiger partial charge in [-0.2, -0.15) is 0 Å². The van der Waals surface area contributed by atoms with Gasteiger partial charge in [-0.1, -0.05) is 43.2 Å². The van der Waals surface area contributed by atoms with Crippen LogP contribution in [0.1, 0.15) is 44.1 Å². The molecule has 0 radical (unpaired) electrons. The summed E-state index contributed by atoms with van der Waals surface area (Å²) in [6, 6.07) is 10.3. The van der Waals surface area contributed by atoms with E-state index in [1.165, 1.54) is 24.7 Å². The highest BCUT2D eigenvalue weighted by molar-refractivity contribution is 5.61. The van der Waals surface area contributed by atoms with Crippen molar-refractivity contribution in [2.24, 2.45) is 11.3 Å². The maximum Gasteiger partial charge on any atom is 0.126 e. The molecule has 0 saturated heterocycles. The van der Waals surface area contributed by atoms with Crippen molar-refractivity contribution in [1.29, 1.82) is 0 Å². The van der Waals surface area contributed by atoms with Gasteiger partial charge in [0, 0.05) is 5.41 Å². The second-order valence-electron chi connectivity index (χ2n) is 6.15. The molecule has 2 aliphatic rings. The summed E-state index contributed by atoms with van der Waals surface area (Å²) in [7, 11) is 0. The number of rotatable bonds is 5. The lowest BCUT2D eigenvalue weighted by molar-refractivity contribution is -0.128. The second-order valence-corrected chi connectivity index (χ2v) is 6.15. The number of hydrogen-bond acceptors (Lipinski definition) is 2. The highest BCUT2D eigenvalue weighted by Gasteiger charge is 2.47. The summed E-state index contributed by atoms with van der Waals surface area (Å²) >= 11 is 0. The van der Waals surface area contributed by atoms with Crippen molar-refractivity contribution in [2.45, 2.75) is 51.2 Å². The van der Waals surface area contributed by atoms with E-state index in [-0.39, 0.29) is 5.41 Å². The van der Waals surface area contributed by atoms with Gasteiger partial charge in [0.05, 0.1) is 12.7 Å². The van der Waals surface area contributed by atoms with Crippen molar-refractivity contribution >= 4 is 6.29 Å². The molecule has 2 fully saturated rings. The Balaban J connectivity index is 1.46. The average Bonchev–Trinajstić information content (AvgIpc) is 2.88. The number of hydrogen-bond donors (Lipinski definition) is 0. The quantitative estimate of drug-likeness (QED) is 0.752. The third kappa shape index (κ3) is 2.59. The van der Waals surface area contributed by atoms with Crippen molar-refractivity contribution in [1.82, 2.24) is 0 Å². The minimum atomic E-state index is 0.00655. The molecular weight excluding hydrogens is 236 g/mol. The molecule has 2 nitrogen and oxygen atoms in total. The highest BCUT2D eigenvalue weighted by atomic mass is 16.5. The van der Waals surface area contributed by atoms with Gasteiger partial charge in [-0.25, -0.2) is 0 Å².